The molecule has 21 heteroatoms. The highest BCUT2D eigenvalue weighted by Gasteiger charge is 2.41. The zero-order valence-electron chi connectivity index (χ0n) is 37.6. The third kappa shape index (κ3) is 15.1. The highest BCUT2D eigenvalue weighted by Crippen LogP contribution is 2.19. The highest BCUT2D eigenvalue weighted by atomic mass is 16.5. The Kier molecular flexibility index (Phi) is 22.7. The molecule has 0 aromatic rings. The first kappa shape index (κ1) is 54.9. The van der Waals surface area contributed by atoms with E-state index < -0.39 is 126 Å². The number of nitrogens with one attached hydrogen (secondary N) is 4. The molecule has 0 bridgehead atoms. The fraction of sp³-hybridized carbons (Fsp3) is 0.718. The number of ether oxygens (including phenoxy) is 1. The van der Waals surface area contributed by atoms with Crippen molar-refractivity contribution in [3.8, 4) is 0 Å². The first-order valence-electron chi connectivity index (χ1n) is 19.7. The number of aliphatic hydroxyl groups excluding tert-OH is 2. The number of allylic oxidation sites excluding steroid dienone is 2. The van der Waals surface area contributed by atoms with Crippen LogP contribution in [-0.4, -0.2) is 185 Å². The summed E-state index contributed by atoms with van der Waals surface area (Å²) in [4.78, 5) is 122. The van der Waals surface area contributed by atoms with Crippen molar-refractivity contribution >= 4 is 53.2 Å². The molecule has 0 radical (unpaired) electrons. The van der Waals surface area contributed by atoms with Crippen LogP contribution in [-0.2, 0) is 47.9 Å². The fourth-order valence-electron chi connectivity index (χ4n) is 5.75. The number of nitrogens with zero attached hydrogens (tertiary/aromatic N) is 4. The predicted octanol–water partition coefficient (Wildman–Crippen LogP) is -2.78. The number of hydrogen-bond donors (Lipinski definition) is 7. The van der Waals surface area contributed by atoms with Crippen molar-refractivity contribution in [3.63, 3.8) is 0 Å². The van der Waals surface area contributed by atoms with E-state index >= 15 is 0 Å². The second kappa shape index (κ2) is 24.8. The summed E-state index contributed by atoms with van der Waals surface area (Å²) in [5, 5.41) is 31.3. The van der Waals surface area contributed by atoms with Gasteiger partial charge in [0.25, 0.3) is 0 Å². The molecule has 60 heavy (non-hydrogen) atoms. The number of nitrogens with two attached hydrogens (primary N) is 1. The Morgan fingerprint density at radius 3 is 1.42 bits per heavy atom. The fourth-order valence-corrected chi connectivity index (χ4v) is 5.75. The maximum atomic E-state index is 13.8. The molecule has 8 amide bonds. The molecule has 0 saturated carbocycles. The second-order valence-electron chi connectivity index (χ2n) is 15.3. The van der Waals surface area contributed by atoms with Crippen molar-refractivity contribution in [2.24, 2.45) is 11.7 Å². The molecular weight excluding hydrogens is 786 g/mol. The van der Waals surface area contributed by atoms with Crippen LogP contribution in [0.5, 0.6) is 0 Å². The Bertz CT molecular complexity index is 1570. The van der Waals surface area contributed by atoms with Crippen molar-refractivity contribution in [2.45, 2.75) is 142 Å². The Balaban J connectivity index is 5.80. The monoisotopic (exact) mass is 856 g/mol. The first-order chi connectivity index (χ1) is 27.6. The number of likely N-dealkylation sites (N-methyl/N-ethyl adjacent to an activating group) is 4. The summed E-state index contributed by atoms with van der Waals surface area (Å²) in [5.74, 6) is -7.23. The molecule has 12 unspecified atom stereocenters. The van der Waals surface area contributed by atoms with Gasteiger partial charge in [0, 0.05) is 28.2 Å². The van der Waals surface area contributed by atoms with E-state index in [1.807, 2.05) is 0 Å². The largest absolute Gasteiger partial charge is 0.467 e. The third-order valence-corrected chi connectivity index (χ3v) is 10.4. The lowest BCUT2D eigenvalue weighted by Gasteiger charge is -2.37. The SMILES string of the molecule is C/C=C/CC(C)C(O)C(C(=O)NC(C(=O)OC)C(C)O)N(C)C(=O)C(C)N(C)C(=O)C(C)NC(=O)C(C)N(C)C(=O)C(C)NC(=O)C(C)NC(=O)C(C)N(C)C(=O)C(C)N. The molecule has 342 valence electrons. The summed E-state index contributed by atoms with van der Waals surface area (Å²) >= 11 is 0. The molecule has 0 aliphatic heterocycles. The van der Waals surface area contributed by atoms with Gasteiger partial charge in [-0.3, -0.25) is 38.4 Å². The number of esters is 1. The molecule has 0 aliphatic carbocycles. The highest BCUT2D eigenvalue weighted by molar-refractivity contribution is 5.97. The Morgan fingerprint density at radius 2 is 1.00 bits per heavy atom. The third-order valence-electron chi connectivity index (χ3n) is 10.4. The van der Waals surface area contributed by atoms with Gasteiger partial charge in [-0.15, -0.1) is 0 Å². The van der Waals surface area contributed by atoms with Crippen LogP contribution in [0.15, 0.2) is 12.2 Å². The van der Waals surface area contributed by atoms with Gasteiger partial charge in [0.05, 0.1) is 25.4 Å². The molecule has 0 aliphatic rings. The number of methoxy groups -OCH3 is 1. The number of carbonyl (C=O) groups is 9. The van der Waals surface area contributed by atoms with Crippen LogP contribution in [0.4, 0.5) is 0 Å². The Hall–Kier alpha value is -5.15. The number of rotatable bonds is 22. The first-order valence-corrected chi connectivity index (χ1v) is 19.7. The summed E-state index contributed by atoms with van der Waals surface area (Å²) in [6, 6.07) is -10.8. The normalized spacial score (nSPS) is 17.3. The van der Waals surface area contributed by atoms with E-state index in [0.29, 0.717) is 6.42 Å². The lowest BCUT2D eigenvalue weighted by Crippen LogP contribution is -2.62. The van der Waals surface area contributed by atoms with Crippen LogP contribution in [0, 0.1) is 5.92 Å². The van der Waals surface area contributed by atoms with E-state index in [-0.39, 0.29) is 0 Å². The van der Waals surface area contributed by atoms with Gasteiger partial charge in [0.2, 0.25) is 47.3 Å². The van der Waals surface area contributed by atoms with E-state index in [2.05, 4.69) is 26.0 Å². The standard InChI is InChI=1S/C39H69N9O12/c1-16-17-18-19(2)30(50)29(34(54)44-28(27(10)49)39(59)60-15)48(14)38(58)26(9)47(13)37(57)23(6)43-33(53)25(8)46(12)36(56)22(5)42-31(51)21(4)41-32(52)24(7)45(11)35(55)20(3)40/h16-17,19-30,49-50H,18,40H2,1-15H3,(H,41,52)(H,42,51)(H,43,53)(H,44,54)/b17-16+. The minimum atomic E-state index is -1.58. The molecule has 8 N–H and O–H groups in total. The van der Waals surface area contributed by atoms with Crippen LogP contribution in [0.3, 0.4) is 0 Å². The van der Waals surface area contributed by atoms with Gasteiger partial charge in [0.1, 0.15) is 42.3 Å². The van der Waals surface area contributed by atoms with Crippen LogP contribution in [0.25, 0.3) is 0 Å². The molecule has 0 aromatic carbocycles. The van der Waals surface area contributed by atoms with Crippen LogP contribution in [0.1, 0.15) is 75.7 Å². The van der Waals surface area contributed by atoms with Crippen molar-refractivity contribution in [1.82, 2.24) is 40.9 Å². The molecule has 0 saturated heterocycles. The summed E-state index contributed by atoms with van der Waals surface area (Å²) in [6.45, 7) is 14.5. The van der Waals surface area contributed by atoms with Crippen LogP contribution < -0.4 is 27.0 Å². The zero-order valence-corrected chi connectivity index (χ0v) is 37.6. The lowest BCUT2D eigenvalue weighted by molar-refractivity contribution is -0.154. The topological polar surface area (TPSA) is 290 Å². The van der Waals surface area contributed by atoms with Crippen molar-refractivity contribution in [2.75, 3.05) is 35.3 Å². The second-order valence-corrected chi connectivity index (χ2v) is 15.3. The van der Waals surface area contributed by atoms with E-state index in [4.69, 9.17) is 5.73 Å². The van der Waals surface area contributed by atoms with Crippen molar-refractivity contribution < 1.29 is 58.1 Å². The summed E-state index contributed by atoms with van der Waals surface area (Å²) in [6.07, 6.45) is 0.992. The van der Waals surface area contributed by atoms with Gasteiger partial charge in [-0.2, -0.15) is 0 Å². The Labute approximate surface area is 353 Å². The summed E-state index contributed by atoms with van der Waals surface area (Å²) in [5.41, 5.74) is 5.61. The van der Waals surface area contributed by atoms with Gasteiger partial charge in [-0.1, -0.05) is 19.1 Å². The number of hydrogen-bond acceptors (Lipinski definition) is 13. The van der Waals surface area contributed by atoms with Gasteiger partial charge in [-0.05, 0) is 74.7 Å². The predicted molar refractivity (Wildman–Crippen MR) is 220 cm³/mol. The summed E-state index contributed by atoms with van der Waals surface area (Å²) in [7, 11) is 6.33. The van der Waals surface area contributed by atoms with Crippen LogP contribution in [0.2, 0.25) is 0 Å². The average Bonchev–Trinajstić information content (AvgIpc) is 3.20. The molecule has 0 rings (SSSR count). The van der Waals surface area contributed by atoms with Gasteiger partial charge in [-0.25, -0.2) is 4.79 Å². The van der Waals surface area contributed by atoms with Gasteiger partial charge >= 0.3 is 5.97 Å². The van der Waals surface area contributed by atoms with E-state index in [9.17, 15) is 53.4 Å². The molecule has 0 aromatic heterocycles. The van der Waals surface area contributed by atoms with E-state index in [1.165, 1.54) is 83.6 Å². The zero-order chi connectivity index (χ0) is 47.1. The number of carbonyl (C=O) groups excluding carboxylic acids is 9. The Morgan fingerprint density at radius 1 is 0.583 bits per heavy atom. The minimum Gasteiger partial charge on any atom is -0.467 e. The molecule has 21 nitrogen and oxygen atoms in total. The maximum Gasteiger partial charge on any atom is 0.331 e. The smallest absolute Gasteiger partial charge is 0.331 e. The van der Waals surface area contributed by atoms with Gasteiger partial charge < -0.3 is 61.6 Å². The van der Waals surface area contributed by atoms with Crippen molar-refractivity contribution in [3.05, 3.63) is 12.2 Å². The average molecular weight is 856 g/mol. The van der Waals surface area contributed by atoms with E-state index in [0.717, 1.165) is 26.7 Å². The van der Waals surface area contributed by atoms with Crippen LogP contribution >= 0.6 is 0 Å². The molecule has 0 spiro atoms. The lowest BCUT2D eigenvalue weighted by atomic mass is 9.92. The molecule has 0 heterocycles. The number of aliphatic hydroxyl groups is 2. The molecule has 12 atom stereocenters. The molecular formula is C39H69N9O12. The summed E-state index contributed by atoms with van der Waals surface area (Å²) < 4.78 is 4.68. The molecule has 0 fully saturated rings. The van der Waals surface area contributed by atoms with Crippen molar-refractivity contribution in [1.29, 1.82) is 0 Å². The maximum absolute atomic E-state index is 13.8. The number of amides is 8. The quantitative estimate of drug-likeness (QED) is 0.0429. The van der Waals surface area contributed by atoms with E-state index in [1.54, 1.807) is 26.0 Å². The van der Waals surface area contributed by atoms with Gasteiger partial charge in [0.15, 0.2) is 6.04 Å². The minimum absolute atomic E-state index is 0.329.